The van der Waals surface area contributed by atoms with Crippen LogP contribution in [-0.2, 0) is 48.9 Å². The molecule has 0 amide bonds. The Bertz CT molecular complexity index is 4160. The van der Waals surface area contributed by atoms with Crippen LogP contribution < -0.4 is 35.6 Å². The van der Waals surface area contributed by atoms with Crippen LogP contribution in [0.25, 0.3) is 21.8 Å². The number of alkyl halides is 1. The summed E-state index contributed by atoms with van der Waals surface area (Å²) >= 11 is 15.5. The van der Waals surface area contributed by atoms with Crippen LogP contribution in [0.4, 0.5) is 20.2 Å². The Morgan fingerprint density at radius 2 is 0.952 bits per heavy atom. The van der Waals surface area contributed by atoms with Crippen LogP contribution in [0.5, 0.6) is 11.5 Å². The lowest BCUT2D eigenvalue weighted by Crippen LogP contribution is -2.43. The summed E-state index contributed by atoms with van der Waals surface area (Å²) in [7, 11) is -1.86. The van der Waals surface area contributed by atoms with E-state index >= 15 is 4.39 Å². The van der Waals surface area contributed by atoms with Gasteiger partial charge in [0.2, 0.25) is 10.9 Å². The van der Waals surface area contributed by atoms with Crippen molar-refractivity contribution < 1.29 is 65.0 Å². The first-order valence-electron chi connectivity index (χ1n) is 35.9. The van der Waals surface area contributed by atoms with Crippen molar-refractivity contribution in [3.8, 4) is 11.5 Å². The SMILES string of the molecule is CCOC(=O)c1cn([C@H](CO[Si](C)(C)C(C)(C)C)C(C)(C)C)c2cc(OC)c(B3OC(C)(C)C(C)(C)O3)cc2c1=O.CCOC(=O)c1cn([C@H](CO[Si](C)(C)C(C)(C)C)C(C)(C)C)c2cc(OC)c(Cc3cc(N4CCOCC4)cc(Cl)c3F)cc2c1=O.Fc1c(Cl)cc(N2CCOCC2)cc1CBr. The summed E-state index contributed by atoms with van der Waals surface area (Å²) in [6.07, 6.45) is 3.34. The van der Waals surface area contributed by atoms with Crippen LogP contribution in [0.1, 0.15) is 174 Å². The molecule has 2 aromatic heterocycles. The van der Waals surface area contributed by atoms with Crippen molar-refractivity contribution in [2.24, 2.45) is 10.8 Å². The second-order valence-corrected chi connectivity index (χ2v) is 44.1. The summed E-state index contributed by atoms with van der Waals surface area (Å²) in [5.41, 5.74) is 2.39. The maximum atomic E-state index is 15.5. The van der Waals surface area contributed by atoms with E-state index in [2.05, 4.69) is 135 Å². The molecule has 3 saturated heterocycles. The smallest absolute Gasteiger partial charge is 0.497 e. The lowest BCUT2D eigenvalue weighted by atomic mass is 9.77. The molecule has 5 heterocycles. The molecule has 0 aliphatic carbocycles. The van der Waals surface area contributed by atoms with Gasteiger partial charge < -0.3 is 65.5 Å². The van der Waals surface area contributed by atoms with E-state index in [-0.39, 0.29) is 79.6 Å². The Balaban J connectivity index is 0.000000241. The van der Waals surface area contributed by atoms with Gasteiger partial charge in [0.15, 0.2) is 16.6 Å². The van der Waals surface area contributed by atoms with Gasteiger partial charge in [-0.3, -0.25) is 9.59 Å². The minimum absolute atomic E-state index is 0.00743. The summed E-state index contributed by atoms with van der Waals surface area (Å²) in [6.45, 7) is 52.8. The highest BCUT2D eigenvalue weighted by Gasteiger charge is 2.53. The number of fused-ring (bicyclic) bond motifs is 2. The molecule has 9 rings (SSSR count). The third-order valence-corrected chi connectivity index (χ3v) is 31.4. The van der Waals surface area contributed by atoms with Crippen molar-refractivity contribution in [1.82, 2.24) is 9.13 Å². The summed E-state index contributed by atoms with van der Waals surface area (Å²) in [5.74, 6) is -1.20. The van der Waals surface area contributed by atoms with Crippen LogP contribution >= 0.6 is 39.1 Å². The Morgan fingerprint density at radius 1 is 0.577 bits per heavy atom. The lowest BCUT2D eigenvalue weighted by Gasteiger charge is -2.40. The molecule has 26 heteroatoms. The summed E-state index contributed by atoms with van der Waals surface area (Å²) < 4.78 is 92.2. The molecule has 3 aliphatic heterocycles. The second-order valence-electron chi connectivity index (χ2n) is 33.1. The zero-order valence-electron chi connectivity index (χ0n) is 65.8. The molecule has 0 N–H and O–H groups in total. The Kier molecular flexibility index (Phi) is 28.1. The van der Waals surface area contributed by atoms with E-state index in [9.17, 15) is 23.6 Å². The van der Waals surface area contributed by atoms with Crippen LogP contribution in [-0.4, -0.2) is 149 Å². The predicted molar refractivity (Wildman–Crippen MR) is 425 cm³/mol. The Labute approximate surface area is 635 Å². The van der Waals surface area contributed by atoms with Crippen LogP contribution in [0.15, 0.2) is 70.5 Å². The molecule has 4 aromatic carbocycles. The molecule has 0 spiro atoms. The standard InChI is InChI=1S/C36H50ClFN2O6Si.C31H50BNO7Si.C11H12BrClFNO/c1-11-45-34(42)27-21-40(31(35(2,3)4)22-46-47(9,10)36(5,6)7)29-20-30(43-8)23(18-26(29)33(27)41)16-24-17-25(19-28(37)32(24)38)39-12-14-44-15-13-39;1-15-37-27(35)21-18-33(25(28(2,3)4)19-38-41(13,14)29(5,6)7)23-17-24(36-12)22(16-20(23)26(21)34)32-39-30(8,9)31(10,11)40-32;12-7-8-5-9(6-10(13)11(8)14)15-1-3-16-4-2-15/h17-21,31H,11-16,22H2,1-10H3;16-18,25H,15,19H2,1-14H3;5-6H,1-4,7H2/t31-;25-;/m11./s1. The van der Waals surface area contributed by atoms with Crippen molar-refractivity contribution in [3.05, 3.63) is 131 Å². The molecule has 3 aliphatic rings. The number of esters is 2. The Morgan fingerprint density at radius 3 is 1.32 bits per heavy atom. The predicted octanol–water partition coefficient (Wildman–Crippen LogP) is 17.3. The molecule has 0 unspecified atom stereocenters. The van der Waals surface area contributed by atoms with Gasteiger partial charge in [-0.2, -0.15) is 0 Å². The molecule has 3 fully saturated rings. The van der Waals surface area contributed by atoms with E-state index < -0.39 is 63.6 Å². The number of ether oxygens (including phenoxy) is 6. The topological polar surface area (TPSA) is 177 Å². The molecule has 18 nitrogen and oxygen atoms in total. The fraction of sp³-hybridized carbons (Fsp3) is 0.590. The highest BCUT2D eigenvalue weighted by molar-refractivity contribution is 9.08. The third-order valence-electron chi connectivity index (χ3n) is 21.3. The number of rotatable bonds is 20. The quantitative estimate of drug-likeness (QED) is 0.0400. The third kappa shape index (κ3) is 19.7. The first kappa shape index (κ1) is 85.9. The van der Waals surface area contributed by atoms with Gasteiger partial charge in [0.1, 0.15) is 34.3 Å². The average molecular weight is 1590 g/mol. The molecule has 6 aromatic rings. The number of nitrogens with zero attached hydrogens (tertiary/aromatic N) is 4. The zero-order valence-corrected chi connectivity index (χ0v) is 70.9. The molecular formula is C78H112BBrCl2F2N4O14Si2. The monoisotopic (exact) mass is 1580 g/mol. The van der Waals surface area contributed by atoms with E-state index in [1.54, 1.807) is 76.9 Å². The minimum Gasteiger partial charge on any atom is -0.497 e. The van der Waals surface area contributed by atoms with Crippen molar-refractivity contribution in [1.29, 1.82) is 0 Å². The number of carbonyl (C=O) groups is 2. The average Bonchev–Trinajstić information content (AvgIpc) is 1.14. The second kappa shape index (κ2) is 34.0. The maximum absolute atomic E-state index is 15.5. The molecular weight excluding hydrogens is 1470 g/mol. The summed E-state index contributed by atoms with van der Waals surface area (Å²) in [4.78, 5) is 58.4. The van der Waals surface area contributed by atoms with Gasteiger partial charge in [-0.05, 0) is 136 Å². The lowest BCUT2D eigenvalue weighted by molar-refractivity contribution is 0.00578. The van der Waals surface area contributed by atoms with Crippen molar-refractivity contribution >= 4 is 113 Å². The number of hydrogen-bond donors (Lipinski definition) is 0. The molecule has 574 valence electrons. The van der Waals surface area contributed by atoms with Gasteiger partial charge in [-0.1, -0.05) is 122 Å². The molecule has 0 saturated carbocycles. The van der Waals surface area contributed by atoms with E-state index in [4.69, 9.17) is 69.8 Å². The van der Waals surface area contributed by atoms with Gasteiger partial charge in [0, 0.05) is 95.6 Å². The highest BCUT2D eigenvalue weighted by atomic mass is 79.9. The van der Waals surface area contributed by atoms with Crippen LogP contribution in [0, 0.1) is 22.5 Å². The van der Waals surface area contributed by atoms with Crippen LogP contribution in [0.2, 0.25) is 46.3 Å². The zero-order chi connectivity index (χ0) is 77.8. The van der Waals surface area contributed by atoms with Gasteiger partial charge in [-0.15, -0.1) is 0 Å². The number of anilines is 2. The van der Waals surface area contributed by atoms with E-state index in [1.165, 1.54) is 0 Å². The van der Waals surface area contributed by atoms with Gasteiger partial charge in [0.25, 0.3) is 0 Å². The number of methoxy groups -OCH3 is 2. The fourth-order valence-corrected chi connectivity index (χ4v) is 14.8. The van der Waals surface area contributed by atoms with E-state index in [0.717, 1.165) is 24.5 Å². The number of aromatic nitrogens is 2. The van der Waals surface area contributed by atoms with Gasteiger partial charge >= 0.3 is 19.1 Å². The molecule has 0 radical (unpaired) electrons. The Hall–Kier alpha value is -5.38. The number of halogens is 5. The normalized spacial score (nSPS) is 16.5. The number of pyridine rings is 2. The first-order chi connectivity index (χ1) is 48.2. The van der Waals surface area contributed by atoms with Crippen molar-refractivity contribution in [2.75, 3.05) is 103 Å². The highest BCUT2D eigenvalue weighted by Crippen LogP contribution is 2.44. The molecule has 2 atom stereocenters. The number of hydrogen-bond acceptors (Lipinski definition) is 16. The number of carbonyl (C=O) groups excluding carboxylic acids is 2. The van der Waals surface area contributed by atoms with Gasteiger partial charge in [0.05, 0.1) is 111 Å². The fourth-order valence-electron chi connectivity index (χ4n) is 11.9. The van der Waals surface area contributed by atoms with Crippen molar-refractivity contribution in [2.45, 2.75) is 196 Å². The summed E-state index contributed by atoms with van der Waals surface area (Å²) in [6, 6.07) is 13.6. The number of benzene rings is 4. The maximum Gasteiger partial charge on any atom is 0.498 e. The molecule has 104 heavy (non-hydrogen) atoms. The van der Waals surface area contributed by atoms with E-state index in [1.807, 2.05) is 49.0 Å². The number of morpholine rings is 2. The van der Waals surface area contributed by atoms with Crippen LogP contribution in [0.3, 0.4) is 0 Å². The van der Waals surface area contributed by atoms with E-state index in [0.29, 0.717) is 114 Å². The summed E-state index contributed by atoms with van der Waals surface area (Å²) in [5, 5.41) is 1.36. The van der Waals surface area contributed by atoms with Crippen molar-refractivity contribution in [3.63, 3.8) is 0 Å². The largest absolute Gasteiger partial charge is 0.498 e. The minimum atomic E-state index is -2.15. The molecule has 0 bridgehead atoms. The first-order valence-corrected chi connectivity index (χ1v) is 43.6. The van der Waals surface area contributed by atoms with Gasteiger partial charge in [-0.25, -0.2) is 18.4 Å².